The van der Waals surface area contributed by atoms with E-state index in [-0.39, 0.29) is 6.04 Å². The van der Waals surface area contributed by atoms with Crippen molar-refractivity contribution in [3.05, 3.63) is 40.0 Å². The number of halogens is 1. The predicted octanol–water partition coefficient (Wildman–Crippen LogP) is 4.60. The Hall–Kier alpha value is -1.61. The van der Waals surface area contributed by atoms with E-state index in [9.17, 15) is 4.79 Å². The van der Waals surface area contributed by atoms with Gasteiger partial charge in [0.25, 0.3) is 0 Å². The fraction of sp³-hybridized carbons (Fsp3) is 0.375. The van der Waals surface area contributed by atoms with E-state index in [4.69, 9.17) is 11.6 Å². The monoisotopic (exact) mass is 290 g/mol. The molecule has 1 heterocycles. The molecule has 0 N–H and O–H groups in total. The van der Waals surface area contributed by atoms with E-state index in [1.165, 1.54) is 0 Å². The number of rotatable bonds is 4. The average Bonchev–Trinajstić information content (AvgIpc) is 2.86. The summed E-state index contributed by atoms with van der Waals surface area (Å²) in [6, 6.07) is 4.17. The van der Waals surface area contributed by atoms with Crippen LogP contribution >= 0.6 is 11.6 Å². The summed E-state index contributed by atoms with van der Waals surface area (Å²) in [7, 11) is 0. The van der Waals surface area contributed by atoms with Crippen molar-refractivity contribution in [2.75, 3.05) is 0 Å². The molecule has 0 radical (unpaired) electrons. The molecule has 0 saturated heterocycles. The first-order chi connectivity index (χ1) is 9.47. The molecule has 0 aliphatic heterocycles. The lowest BCUT2D eigenvalue weighted by molar-refractivity contribution is 0.112. The number of aromatic nitrogens is 2. The van der Waals surface area contributed by atoms with E-state index in [2.05, 4.69) is 18.9 Å². The van der Waals surface area contributed by atoms with E-state index in [1.807, 2.05) is 30.7 Å². The Morgan fingerprint density at radius 2 is 2.00 bits per heavy atom. The SMILES string of the molecule is CCC(C)n1cc(C=O)c(-c2cc(C)c(C)cc2Cl)n1. The Morgan fingerprint density at radius 1 is 1.35 bits per heavy atom. The molecular weight excluding hydrogens is 272 g/mol. The number of aryl methyl sites for hydroxylation is 2. The van der Waals surface area contributed by atoms with Crippen LogP contribution in [-0.2, 0) is 0 Å². The zero-order valence-corrected chi connectivity index (χ0v) is 13.0. The van der Waals surface area contributed by atoms with Crippen molar-refractivity contribution in [2.45, 2.75) is 40.2 Å². The van der Waals surface area contributed by atoms with Crippen molar-refractivity contribution in [3.8, 4) is 11.3 Å². The topological polar surface area (TPSA) is 34.9 Å². The summed E-state index contributed by atoms with van der Waals surface area (Å²) in [6.07, 6.45) is 3.59. The zero-order chi connectivity index (χ0) is 14.9. The number of hydrogen-bond donors (Lipinski definition) is 0. The Bertz CT molecular complexity index is 646. The van der Waals surface area contributed by atoms with Gasteiger partial charge < -0.3 is 0 Å². The Balaban J connectivity index is 2.60. The zero-order valence-electron chi connectivity index (χ0n) is 12.3. The third kappa shape index (κ3) is 2.63. The van der Waals surface area contributed by atoms with Gasteiger partial charge in [-0.1, -0.05) is 18.5 Å². The first-order valence-electron chi connectivity index (χ1n) is 6.79. The van der Waals surface area contributed by atoms with Crippen molar-refractivity contribution in [2.24, 2.45) is 0 Å². The van der Waals surface area contributed by atoms with Crippen molar-refractivity contribution in [1.82, 2.24) is 9.78 Å². The Morgan fingerprint density at radius 3 is 2.60 bits per heavy atom. The van der Waals surface area contributed by atoms with E-state index in [0.717, 1.165) is 29.4 Å². The molecule has 0 amide bonds. The van der Waals surface area contributed by atoms with Crippen LogP contribution in [0.5, 0.6) is 0 Å². The fourth-order valence-corrected chi connectivity index (χ4v) is 2.38. The normalized spacial score (nSPS) is 12.4. The van der Waals surface area contributed by atoms with Crippen LogP contribution in [0.15, 0.2) is 18.3 Å². The minimum atomic E-state index is 0.257. The Labute approximate surface area is 124 Å². The number of carbonyl (C=O) groups excluding carboxylic acids is 1. The molecule has 1 aromatic heterocycles. The van der Waals surface area contributed by atoms with Crippen LogP contribution in [0.2, 0.25) is 5.02 Å². The minimum Gasteiger partial charge on any atom is -0.298 e. The number of nitrogens with zero attached hydrogens (tertiary/aromatic N) is 2. The molecule has 2 aromatic rings. The number of carbonyl (C=O) groups is 1. The molecule has 1 unspecified atom stereocenters. The molecule has 2 rings (SSSR count). The van der Waals surface area contributed by atoms with Gasteiger partial charge in [-0.3, -0.25) is 9.48 Å². The van der Waals surface area contributed by atoms with Crippen LogP contribution in [0.1, 0.15) is 47.8 Å². The van der Waals surface area contributed by atoms with E-state index in [1.54, 1.807) is 6.20 Å². The molecule has 0 spiro atoms. The number of aldehydes is 1. The smallest absolute Gasteiger partial charge is 0.153 e. The largest absolute Gasteiger partial charge is 0.298 e. The summed E-state index contributed by atoms with van der Waals surface area (Å²) in [5, 5.41) is 5.18. The Kier molecular flexibility index (Phi) is 4.29. The van der Waals surface area contributed by atoms with Crippen molar-refractivity contribution < 1.29 is 4.79 Å². The summed E-state index contributed by atoms with van der Waals surface area (Å²) < 4.78 is 1.84. The van der Waals surface area contributed by atoms with Gasteiger partial charge in [-0.15, -0.1) is 0 Å². The summed E-state index contributed by atoms with van der Waals surface area (Å²) in [5.74, 6) is 0. The molecule has 0 fully saturated rings. The molecule has 3 nitrogen and oxygen atoms in total. The maximum atomic E-state index is 11.3. The second-order valence-electron chi connectivity index (χ2n) is 5.20. The first kappa shape index (κ1) is 14.8. The van der Waals surface area contributed by atoms with Crippen LogP contribution in [0.3, 0.4) is 0 Å². The highest BCUT2D eigenvalue weighted by Gasteiger charge is 2.16. The van der Waals surface area contributed by atoms with Crippen molar-refractivity contribution >= 4 is 17.9 Å². The van der Waals surface area contributed by atoms with Gasteiger partial charge in [-0.05, 0) is 50.5 Å². The standard InChI is InChI=1S/C16H19ClN2O/c1-5-12(4)19-8-13(9-20)16(18-19)14-6-10(2)11(3)7-15(14)17/h6-9,12H,5H2,1-4H3. The molecular formula is C16H19ClN2O. The summed E-state index contributed by atoms with van der Waals surface area (Å²) >= 11 is 6.32. The molecule has 0 aliphatic carbocycles. The fourth-order valence-electron chi connectivity index (χ4n) is 2.08. The quantitative estimate of drug-likeness (QED) is 0.771. The maximum Gasteiger partial charge on any atom is 0.153 e. The van der Waals surface area contributed by atoms with Crippen LogP contribution in [0, 0.1) is 13.8 Å². The lowest BCUT2D eigenvalue weighted by Gasteiger charge is -2.09. The highest BCUT2D eigenvalue weighted by molar-refractivity contribution is 6.33. The molecule has 0 bridgehead atoms. The summed E-state index contributed by atoms with van der Waals surface area (Å²) in [6.45, 7) is 8.22. The van der Waals surface area contributed by atoms with Crippen LogP contribution in [-0.4, -0.2) is 16.1 Å². The van der Waals surface area contributed by atoms with Crippen molar-refractivity contribution in [1.29, 1.82) is 0 Å². The highest BCUT2D eigenvalue weighted by atomic mass is 35.5. The summed E-state index contributed by atoms with van der Waals surface area (Å²) in [5.41, 5.74) is 4.33. The van der Waals surface area contributed by atoms with E-state index in [0.29, 0.717) is 16.3 Å². The van der Waals surface area contributed by atoms with Gasteiger partial charge in [0.05, 0.1) is 10.6 Å². The summed E-state index contributed by atoms with van der Waals surface area (Å²) in [4.78, 5) is 11.3. The minimum absolute atomic E-state index is 0.257. The molecule has 0 aliphatic rings. The van der Waals surface area contributed by atoms with Gasteiger partial charge in [-0.25, -0.2) is 0 Å². The third-order valence-corrected chi connectivity index (χ3v) is 4.08. The molecule has 4 heteroatoms. The second kappa shape index (κ2) is 5.80. The lowest BCUT2D eigenvalue weighted by atomic mass is 10.0. The van der Waals surface area contributed by atoms with Crippen LogP contribution in [0.4, 0.5) is 0 Å². The third-order valence-electron chi connectivity index (χ3n) is 3.77. The predicted molar refractivity (Wildman–Crippen MR) is 82.5 cm³/mol. The van der Waals surface area contributed by atoms with Gasteiger partial charge in [-0.2, -0.15) is 5.10 Å². The second-order valence-corrected chi connectivity index (χ2v) is 5.61. The lowest BCUT2D eigenvalue weighted by Crippen LogP contribution is -2.04. The van der Waals surface area contributed by atoms with Gasteiger partial charge in [0.15, 0.2) is 6.29 Å². The van der Waals surface area contributed by atoms with Crippen molar-refractivity contribution in [3.63, 3.8) is 0 Å². The molecule has 1 atom stereocenters. The molecule has 20 heavy (non-hydrogen) atoms. The molecule has 0 saturated carbocycles. The number of hydrogen-bond acceptors (Lipinski definition) is 2. The van der Waals surface area contributed by atoms with E-state index >= 15 is 0 Å². The van der Waals surface area contributed by atoms with Gasteiger partial charge in [0.2, 0.25) is 0 Å². The van der Waals surface area contributed by atoms with Gasteiger partial charge in [0, 0.05) is 17.8 Å². The molecule has 106 valence electrons. The van der Waals surface area contributed by atoms with Crippen LogP contribution < -0.4 is 0 Å². The molecule has 1 aromatic carbocycles. The van der Waals surface area contributed by atoms with E-state index < -0.39 is 0 Å². The van der Waals surface area contributed by atoms with Gasteiger partial charge in [0.1, 0.15) is 5.69 Å². The highest BCUT2D eigenvalue weighted by Crippen LogP contribution is 2.32. The average molecular weight is 291 g/mol. The van der Waals surface area contributed by atoms with Gasteiger partial charge >= 0.3 is 0 Å². The number of benzene rings is 1. The maximum absolute atomic E-state index is 11.3. The van der Waals surface area contributed by atoms with Crippen LogP contribution in [0.25, 0.3) is 11.3 Å². The first-order valence-corrected chi connectivity index (χ1v) is 7.17.